The highest BCUT2D eigenvalue weighted by Gasteiger charge is 2.65. The first kappa shape index (κ1) is 13.4. The molecule has 2 heteroatoms. The lowest BCUT2D eigenvalue weighted by atomic mass is 9.95. The quantitative estimate of drug-likeness (QED) is 0.844. The van der Waals surface area contributed by atoms with Crippen LogP contribution in [0.25, 0.3) is 0 Å². The van der Waals surface area contributed by atoms with Crippen LogP contribution >= 0.6 is 0 Å². The van der Waals surface area contributed by atoms with E-state index in [2.05, 4.69) is 57.3 Å². The molecule has 2 nitrogen and oxygen atoms in total. The molecule has 0 amide bonds. The number of ketones is 1. The van der Waals surface area contributed by atoms with Gasteiger partial charge in [0.15, 0.2) is 5.78 Å². The van der Waals surface area contributed by atoms with E-state index in [-0.39, 0.29) is 6.04 Å². The van der Waals surface area contributed by atoms with E-state index in [4.69, 9.17) is 0 Å². The highest BCUT2D eigenvalue weighted by molar-refractivity contribution is 6.01. The van der Waals surface area contributed by atoms with Crippen molar-refractivity contribution in [1.29, 1.82) is 0 Å². The third-order valence-electron chi connectivity index (χ3n) is 5.20. The van der Waals surface area contributed by atoms with Gasteiger partial charge in [0.1, 0.15) is 0 Å². The third kappa shape index (κ3) is 1.98. The average molecular weight is 269 g/mol. The van der Waals surface area contributed by atoms with Crippen molar-refractivity contribution in [2.24, 2.45) is 17.3 Å². The first-order valence-electron chi connectivity index (χ1n) is 7.48. The number of benzene rings is 1. The molecule has 0 aliphatic heterocycles. The van der Waals surface area contributed by atoms with Crippen molar-refractivity contribution < 1.29 is 4.79 Å². The molecule has 0 spiro atoms. The molecule has 2 fully saturated rings. The average Bonchev–Trinajstić information content (AvgIpc) is 2.78. The van der Waals surface area contributed by atoms with Gasteiger partial charge < -0.3 is 5.32 Å². The SMILES string of the molecule is CC(N[C@@H](C)c1ccccc1)=C1C(=O)C[C@@H]2[C@@H]1C2(C)C. The summed E-state index contributed by atoms with van der Waals surface area (Å²) in [4.78, 5) is 12.2. The number of fused-ring (bicyclic) bond motifs is 1. The van der Waals surface area contributed by atoms with Crippen molar-refractivity contribution in [3.05, 3.63) is 47.2 Å². The molecule has 20 heavy (non-hydrogen) atoms. The summed E-state index contributed by atoms with van der Waals surface area (Å²) in [5.41, 5.74) is 3.71. The zero-order valence-corrected chi connectivity index (χ0v) is 12.7. The maximum atomic E-state index is 12.2. The fourth-order valence-electron chi connectivity index (χ4n) is 3.85. The number of allylic oxidation sites excluding steroid dienone is 2. The maximum Gasteiger partial charge on any atom is 0.161 e. The van der Waals surface area contributed by atoms with Crippen LogP contribution in [0.15, 0.2) is 41.6 Å². The lowest BCUT2D eigenvalue weighted by Crippen LogP contribution is -2.21. The Hall–Kier alpha value is -1.57. The zero-order chi connectivity index (χ0) is 14.5. The molecule has 0 saturated heterocycles. The van der Waals surface area contributed by atoms with Crippen LogP contribution in [0.1, 0.15) is 45.7 Å². The molecule has 1 aromatic carbocycles. The minimum atomic E-state index is 0.234. The number of rotatable bonds is 3. The Bertz CT molecular complexity index is 570. The molecule has 106 valence electrons. The molecule has 0 heterocycles. The van der Waals surface area contributed by atoms with Crippen molar-refractivity contribution >= 4 is 5.78 Å². The molecule has 2 saturated carbocycles. The van der Waals surface area contributed by atoms with E-state index in [1.165, 1.54) is 5.56 Å². The second-order valence-corrected chi connectivity index (χ2v) is 6.85. The molecule has 0 radical (unpaired) electrons. The Balaban J connectivity index is 1.80. The van der Waals surface area contributed by atoms with Crippen LogP contribution in [0.5, 0.6) is 0 Å². The van der Waals surface area contributed by atoms with Crippen molar-refractivity contribution in [3.63, 3.8) is 0 Å². The summed E-state index contributed by atoms with van der Waals surface area (Å²) < 4.78 is 0. The van der Waals surface area contributed by atoms with Crippen molar-refractivity contribution in [2.75, 3.05) is 0 Å². The van der Waals surface area contributed by atoms with Crippen LogP contribution in [0.2, 0.25) is 0 Å². The highest BCUT2D eigenvalue weighted by atomic mass is 16.1. The normalized spacial score (nSPS) is 30.7. The highest BCUT2D eigenvalue weighted by Crippen LogP contribution is 2.68. The number of hydrogen-bond donors (Lipinski definition) is 1. The molecular weight excluding hydrogens is 246 g/mol. The third-order valence-corrected chi connectivity index (χ3v) is 5.20. The van der Waals surface area contributed by atoms with E-state index in [0.29, 0.717) is 23.0 Å². The molecule has 1 N–H and O–H groups in total. The van der Waals surface area contributed by atoms with Crippen LogP contribution in [0.3, 0.4) is 0 Å². The largest absolute Gasteiger partial charge is 0.382 e. The van der Waals surface area contributed by atoms with Crippen LogP contribution in [0.4, 0.5) is 0 Å². The standard InChI is InChI=1S/C18H23NO/c1-11(13-8-6-5-7-9-13)19-12(2)16-15(20)10-14-17(16)18(14,3)4/h5-9,11,14,17,19H,10H2,1-4H3/t11-,14+,17-/m0/s1. The molecule has 0 unspecified atom stereocenters. The van der Waals surface area contributed by atoms with E-state index >= 15 is 0 Å². The van der Waals surface area contributed by atoms with Gasteiger partial charge in [-0.1, -0.05) is 44.2 Å². The Morgan fingerprint density at radius 2 is 1.95 bits per heavy atom. The minimum absolute atomic E-state index is 0.234. The van der Waals surface area contributed by atoms with Crippen LogP contribution in [-0.2, 0) is 4.79 Å². The number of nitrogens with one attached hydrogen (secondary N) is 1. The second-order valence-electron chi connectivity index (χ2n) is 6.85. The maximum absolute atomic E-state index is 12.2. The Morgan fingerprint density at radius 1 is 1.30 bits per heavy atom. The van der Waals surface area contributed by atoms with Gasteiger partial charge in [-0.05, 0) is 36.7 Å². The van der Waals surface area contributed by atoms with Crippen molar-refractivity contribution in [2.45, 2.75) is 40.2 Å². The Labute approximate surface area is 121 Å². The number of carbonyl (C=O) groups is 1. The van der Waals surface area contributed by atoms with E-state index < -0.39 is 0 Å². The second kappa shape index (κ2) is 4.47. The molecule has 2 aliphatic rings. The van der Waals surface area contributed by atoms with Gasteiger partial charge in [0, 0.05) is 23.7 Å². The first-order chi connectivity index (χ1) is 9.43. The summed E-state index contributed by atoms with van der Waals surface area (Å²) in [5, 5.41) is 3.52. The molecular formula is C18H23NO. The van der Waals surface area contributed by atoms with Crippen molar-refractivity contribution in [3.8, 4) is 0 Å². The number of carbonyl (C=O) groups excluding carboxylic acids is 1. The number of hydrogen-bond acceptors (Lipinski definition) is 2. The van der Waals surface area contributed by atoms with Gasteiger partial charge in [0.25, 0.3) is 0 Å². The van der Waals surface area contributed by atoms with Crippen molar-refractivity contribution in [1.82, 2.24) is 5.32 Å². The molecule has 0 aromatic heterocycles. The molecule has 2 aliphatic carbocycles. The summed E-state index contributed by atoms with van der Waals surface area (Å²) in [6.07, 6.45) is 0.742. The smallest absolute Gasteiger partial charge is 0.161 e. The van der Waals surface area contributed by atoms with Gasteiger partial charge in [0.2, 0.25) is 0 Å². The molecule has 3 atom stereocenters. The van der Waals surface area contributed by atoms with Gasteiger partial charge in [-0.15, -0.1) is 0 Å². The Kier molecular flexibility index (Phi) is 3.00. The monoisotopic (exact) mass is 269 g/mol. The van der Waals surface area contributed by atoms with Crippen LogP contribution in [-0.4, -0.2) is 5.78 Å². The fourth-order valence-corrected chi connectivity index (χ4v) is 3.85. The van der Waals surface area contributed by atoms with E-state index in [0.717, 1.165) is 17.7 Å². The van der Waals surface area contributed by atoms with Crippen LogP contribution < -0.4 is 5.32 Å². The van der Waals surface area contributed by atoms with Gasteiger partial charge in [-0.25, -0.2) is 0 Å². The number of Topliss-reactive ketones (excluding diaryl/α,β-unsaturated/α-hetero) is 1. The molecule has 3 rings (SSSR count). The van der Waals surface area contributed by atoms with Gasteiger partial charge in [-0.3, -0.25) is 4.79 Å². The van der Waals surface area contributed by atoms with Gasteiger partial charge in [-0.2, -0.15) is 0 Å². The predicted molar refractivity (Wildman–Crippen MR) is 81.1 cm³/mol. The summed E-state index contributed by atoms with van der Waals surface area (Å²) >= 11 is 0. The Morgan fingerprint density at radius 3 is 2.55 bits per heavy atom. The van der Waals surface area contributed by atoms with E-state index in [1.54, 1.807) is 0 Å². The summed E-state index contributed by atoms with van der Waals surface area (Å²) in [7, 11) is 0. The van der Waals surface area contributed by atoms with E-state index in [9.17, 15) is 4.79 Å². The fraction of sp³-hybridized carbons (Fsp3) is 0.500. The summed E-state index contributed by atoms with van der Waals surface area (Å²) in [6, 6.07) is 10.6. The topological polar surface area (TPSA) is 29.1 Å². The summed E-state index contributed by atoms with van der Waals surface area (Å²) in [6.45, 7) is 8.77. The first-order valence-corrected chi connectivity index (χ1v) is 7.48. The van der Waals surface area contributed by atoms with Gasteiger partial charge >= 0.3 is 0 Å². The van der Waals surface area contributed by atoms with Gasteiger partial charge in [0.05, 0.1) is 0 Å². The lowest BCUT2D eigenvalue weighted by molar-refractivity contribution is -0.115. The predicted octanol–water partition coefficient (Wildman–Crippen LogP) is 3.86. The molecule has 1 aromatic rings. The minimum Gasteiger partial charge on any atom is -0.382 e. The zero-order valence-electron chi connectivity index (χ0n) is 12.7. The molecule has 0 bridgehead atoms. The van der Waals surface area contributed by atoms with Crippen LogP contribution in [0, 0.1) is 17.3 Å². The van der Waals surface area contributed by atoms with E-state index in [1.807, 2.05) is 6.07 Å². The lowest BCUT2D eigenvalue weighted by Gasteiger charge is -2.19. The summed E-state index contributed by atoms with van der Waals surface area (Å²) in [5.74, 6) is 1.41.